The molecule has 0 heterocycles. The molecule has 0 saturated carbocycles. The molecule has 6 heteroatoms. The Morgan fingerprint density at radius 2 is 0.621 bits per heavy atom. The van der Waals surface area contributed by atoms with Crippen LogP contribution in [0.1, 0.15) is 335 Å². The molecule has 6 nitrogen and oxygen atoms in total. The van der Waals surface area contributed by atoms with E-state index in [0.29, 0.717) is 12.8 Å². The molecule has 0 aliphatic carbocycles. The van der Waals surface area contributed by atoms with Crippen molar-refractivity contribution in [2.24, 2.45) is 0 Å². The highest BCUT2D eigenvalue weighted by Crippen LogP contribution is 2.19. The Balaban J connectivity index is 3.60. The van der Waals surface area contributed by atoms with E-state index in [-0.39, 0.29) is 0 Å². The van der Waals surface area contributed by atoms with Crippen LogP contribution < -0.4 is 5.32 Å². The Hall–Kier alpha value is -0.950. The zero-order valence-corrected chi connectivity index (χ0v) is 44.7. The maximum atomic E-state index is 12.6. The summed E-state index contributed by atoms with van der Waals surface area (Å²) in [6, 6.07) is -0.999. The monoisotopic (exact) mass is 934 g/mol. The summed E-state index contributed by atoms with van der Waals surface area (Å²) < 4.78 is 0. The minimum absolute atomic E-state index is 0.369. The lowest BCUT2D eigenvalue weighted by Crippen LogP contribution is -2.53. The van der Waals surface area contributed by atoms with Gasteiger partial charge in [-0.2, -0.15) is 0 Å². The van der Waals surface area contributed by atoms with E-state index in [4.69, 9.17) is 0 Å². The van der Waals surface area contributed by atoms with Gasteiger partial charge in [0.1, 0.15) is 12.2 Å². The summed E-state index contributed by atoms with van der Waals surface area (Å²) in [5.74, 6) is -0.586. The van der Waals surface area contributed by atoms with Gasteiger partial charge in [0.2, 0.25) is 5.91 Å². The van der Waals surface area contributed by atoms with Crippen LogP contribution in [0, 0.1) is 0 Å². The van der Waals surface area contributed by atoms with Gasteiger partial charge < -0.3 is 25.7 Å². The van der Waals surface area contributed by atoms with Crippen LogP contribution in [0.3, 0.4) is 0 Å². The fraction of sp³-hybridized carbons (Fsp3) is 0.950. The molecule has 0 aromatic heterocycles. The van der Waals surface area contributed by atoms with E-state index in [2.05, 4.69) is 31.3 Å². The van der Waals surface area contributed by atoms with Crippen molar-refractivity contribution >= 4 is 5.91 Å². The number of rotatable bonds is 56. The van der Waals surface area contributed by atoms with Crippen LogP contribution in [0.25, 0.3) is 0 Å². The van der Waals surface area contributed by atoms with E-state index in [9.17, 15) is 25.2 Å². The highest BCUT2D eigenvalue weighted by Gasteiger charge is 2.28. The van der Waals surface area contributed by atoms with Gasteiger partial charge in [-0.05, 0) is 38.5 Å². The van der Waals surface area contributed by atoms with Gasteiger partial charge in [0.05, 0.1) is 18.8 Å². The van der Waals surface area contributed by atoms with E-state index in [0.717, 1.165) is 38.5 Å². The number of unbranched alkanes of at least 4 members (excludes halogenated alkanes) is 45. The van der Waals surface area contributed by atoms with Crippen molar-refractivity contribution in [3.8, 4) is 0 Å². The van der Waals surface area contributed by atoms with Crippen LogP contribution in [-0.2, 0) is 4.79 Å². The molecule has 66 heavy (non-hydrogen) atoms. The first-order valence-electron chi connectivity index (χ1n) is 30.1. The first kappa shape index (κ1) is 65.0. The Kier molecular flexibility index (Phi) is 54.2. The molecule has 1 amide bonds. The van der Waals surface area contributed by atoms with Crippen LogP contribution in [0.5, 0.6) is 0 Å². The number of nitrogens with one attached hydrogen (secondary N) is 1. The third-order valence-corrected chi connectivity index (χ3v) is 14.5. The summed E-state index contributed by atoms with van der Waals surface area (Å²) in [5.41, 5.74) is 0. The topological polar surface area (TPSA) is 110 Å². The average molecular weight is 935 g/mol. The Labute approximate surface area is 412 Å². The van der Waals surface area contributed by atoms with Gasteiger partial charge in [-0.15, -0.1) is 0 Å². The molecule has 0 aliphatic heterocycles. The molecule has 394 valence electrons. The minimum Gasteiger partial charge on any atom is -0.394 e. The fourth-order valence-corrected chi connectivity index (χ4v) is 9.76. The second-order valence-corrected chi connectivity index (χ2v) is 21.1. The summed E-state index contributed by atoms with van der Waals surface area (Å²) in [6.45, 7) is 4.09. The Morgan fingerprint density at radius 3 is 0.909 bits per heavy atom. The SMILES string of the molecule is CCCCCCCCCCCCCCCCCCCCCCCCC/C=C/CCCC(O)C(O)C(CO)NC(=O)C(O)CCCCCCCCCCCCCCCCCCCCCCCC. The molecule has 5 N–H and O–H groups in total. The summed E-state index contributed by atoms with van der Waals surface area (Å²) in [6.07, 6.45) is 65.9. The zero-order chi connectivity index (χ0) is 48.1. The van der Waals surface area contributed by atoms with E-state index in [1.807, 2.05) is 0 Å². The van der Waals surface area contributed by atoms with Crippen LogP contribution in [-0.4, -0.2) is 57.3 Å². The maximum Gasteiger partial charge on any atom is 0.249 e. The second kappa shape index (κ2) is 55.0. The predicted molar refractivity (Wildman–Crippen MR) is 288 cm³/mol. The van der Waals surface area contributed by atoms with Crippen molar-refractivity contribution in [2.75, 3.05) is 6.61 Å². The third-order valence-electron chi connectivity index (χ3n) is 14.5. The summed E-state index contributed by atoms with van der Waals surface area (Å²) in [5, 5.41) is 44.0. The first-order chi connectivity index (χ1) is 32.5. The number of allylic oxidation sites excluding steroid dienone is 2. The van der Waals surface area contributed by atoms with Crippen molar-refractivity contribution in [3.63, 3.8) is 0 Å². The molecule has 0 aromatic rings. The van der Waals surface area contributed by atoms with Gasteiger partial charge in [0, 0.05) is 0 Å². The highest BCUT2D eigenvalue weighted by molar-refractivity contribution is 5.80. The van der Waals surface area contributed by atoms with Crippen molar-refractivity contribution in [1.82, 2.24) is 5.32 Å². The van der Waals surface area contributed by atoms with Crippen molar-refractivity contribution in [1.29, 1.82) is 0 Å². The van der Waals surface area contributed by atoms with E-state index in [1.165, 1.54) is 270 Å². The number of hydrogen-bond donors (Lipinski definition) is 5. The van der Waals surface area contributed by atoms with Crippen LogP contribution in [0.2, 0.25) is 0 Å². The Bertz CT molecular complexity index is 959. The summed E-state index contributed by atoms with van der Waals surface area (Å²) >= 11 is 0. The average Bonchev–Trinajstić information content (AvgIpc) is 3.32. The first-order valence-corrected chi connectivity index (χ1v) is 30.1. The van der Waals surface area contributed by atoms with E-state index in [1.54, 1.807) is 0 Å². The van der Waals surface area contributed by atoms with Gasteiger partial charge in [-0.25, -0.2) is 0 Å². The smallest absolute Gasteiger partial charge is 0.249 e. The molecule has 0 aliphatic rings. The van der Waals surface area contributed by atoms with Crippen molar-refractivity contribution in [2.45, 2.75) is 359 Å². The molecule has 4 atom stereocenters. The van der Waals surface area contributed by atoms with Crippen molar-refractivity contribution < 1.29 is 25.2 Å². The summed E-state index contributed by atoms with van der Waals surface area (Å²) in [7, 11) is 0. The number of carbonyl (C=O) groups excluding carboxylic acids is 1. The number of aliphatic hydroxyl groups excluding tert-OH is 4. The van der Waals surface area contributed by atoms with Crippen molar-refractivity contribution in [3.05, 3.63) is 12.2 Å². The van der Waals surface area contributed by atoms with Crippen LogP contribution in [0.4, 0.5) is 0 Å². The standard InChI is InChI=1S/C60H119NO5/c1-3-5-7-9-11-13-15-17-19-21-23-25-27-28-29-30-31-32-34-35-37-39-41-43-45-47-49-51-53-57(63)59(65)56(55-62)61-60(66)58(64)54-52-50-48-46-44-42-40-38-36-33-26-24-22-20-18-16-14-12-10-8-6-4-2/h45,47,56-59,62-65H,3-44,46,48-55H2,1-2H3,(H,61,66)/b47-45+. The molecule has 4 unspecified atom stereocenters. The third kappa shape index (κ3) is 48.1. The van der Waals surface area contributed by atoms with E-state index < -0.39 is 36.9 Å². The fourth-order valence-electron chi connectivity index (χ4n) is 9.76. The molecule has 0 saturated heterocycles. The second-order valence-electron chi connectivity index (χ2n) is 21.1. The molecule has 0 fully saturated rings. The lowest BCUT2D eigenvalue weighted by molar-refractivity contribution is -0.132. The normalized spacial score (nSPS) is 13.7. The number of carbonyl (C=O) groups is 1. The Morgan fingerprint density at radius 1 is 0.364 bits per heavy atom. The predicted octanol–water partition coefficient (Wildman–Crippen LogP) is 17.6. The zero-order valence-electron chi connectivity index (χ0n) is 44.7. The lowest BCUT2D eigenvalue weighted by atomic mass is 10.00. The minimum atomic E-state index is -1.28. The molecular weight excluding hydrogens is 815 g/mol. The molecule has 0 bridgehead atoms. The lowest BCUT2D eigenvalue weighted by Gasteiger charge is -2.27. The quantitative estimate of drug-likeness (QED) is 0.0308. The van der Waals surface area contributed by atoms with Gasteiger partial charge in [0.15, 0.2) is 0 Å². The number of amides is 1. The molecule has 0 radical (unpaired) electrons. The highest BCUT2D eigenvalue weighted by atomic mass is 16.3. The van der Waals surface area contributed by atoms with Gasteiger partial charge in [-0.3, -0.25) is 4.79 Å². The molecule has 0 aromatic carbocycles. The number of hydrogen-bond acceptors (Lipinski definition) is 5. The summed E-state index contributed by atoms with van der Waals surface area (Å²) in [4.78, 5) is 12.6. The van der Waals surface area contributed by atoms with Gasteiger partial charge in [0.25, 0.3) is 0 Å². The van der Waals surface area contributed by atoms with Crippen LogP contribution in [0.15, 0.2) is 12.2 Å². The maximum absolute atomic E-state index is 12.6. The molecular formula is C60H119NO5. The molecule has 0 spiro atoms. The van der Waals surface area contributed by atoms with E-state index >= 15 is 0 Å². The van der Waals surface area contributed by atoms with Gasteiger partial charge in [-0.1, -0.05) is 309 Å². The van der Waals surface area contributed by atoms with Crippen LogP contribution >= 0.6 is 0 Å². The molecule has 0 rings (SSSR count). The largest absolute Gasteiger partial charge is 0.394 e. The number of aliphatic hydroxyl groups is 4. The van der Waals surface area contributed by atoms with Gasteiger partial charge >= 0.3 is 0 Å².